The van der Waals surface area contributed by atoms with Crippen LogP contribution in [-0.2, 0) is 11.2 Å². The molecule has 0 bridgehead atoms. The van der Waals surface area contributed by atoms with Gasteiger partial charge >= 0.3 is 0 Å². The maximum atomic E-state index is 12.9. The Balaban J connectivity index is 1.86. The Kier molecular flexibility index (Phi) is 5.86. The second kappa shape index (κ2) is 7.64. The van der Waals surface area contributed by atoms with Crippen LogP contribution in [0.2, 0.25) is 0 Å². The van der Waals surface area contributed by atoms with Crippen LogP contribution in [0.4, 0.5) is 4.39 Å². The van der Waals surface area contributed by atoms with Gasteiger partial charge < -0.3 is 11.1 Å². The molecule has 1 heterocycles. The number of hydrogen-bond donors (Lipinski definition) is 2. The second-order valence-corrected chi connectivity index (χ2v) is 6.40. The minimum atomic E-state index is -0.301. The molecule has 1 aromatic rings. The third-order valence-corrected chi connectivity index (χ3v) is 4.83. The number of carbonyl (C=O) groups is 1. The van der Waals surface area contributed by atoms with Crippen molar-refractivity contribution in [3.63, 3.8) is 0 Å². The zero-order valence-corrected chi connectivity index (χ0v) is 12.3. The van der Waals surface area contributed by atoms with Gasteiger partial charge in [-0.05, 0) is 42.7 Å². The Morgan fingerprint density at radius 2 is 2.20 bits per heavy atom. The minimum absolute atomic E-state index is 0.243. The molecule has 20 heavy (non-hydrogen) atoms. The summed E-state index contributed by atoms with van der Waals surface area (Å²) < 4.78 is 12.9. The van der Waals surface area contributed by atoms with Crippen LogP contribution in [0, 0.1) is 11.7 Å². The first-order valence-electron chi connectivity index (χ1n) is 7.00. The van der Waals surface area contributed by atoms with Gasteiger partial charge in [-0.2, -0.15) is 11.8 Å². The van der Waals surface area contributed by atoms with Crippen molar-refractivity contribution < 1.29 is 9.18 Å². The molecule has 1 aliphatic rings. The summed E-state index contributed by atoms with van der Waals surface area (Å²) in [7, 11) is 0. The number of amides is 1. The molecule has 0 aromatic heterocycles. The lowest BCUT2D eigenvalue weighted by Crippen LogP contribution is -2.41. The topological polar surface area (TPSA) is 55.1 Å². The second-order valence-electron chi connectivity index (χ2n) is 5.25. The Bertz CT molecular complexity index is 432. The number of carbonyl (C=O) groups excluding carboxylic acids is 1. The molecule has 0 spiro atoms. The van der Waals surface area contributed by atoms with Crippen LogP contribution in [0.5, 0.6) is 0 Å². The van der Waals surface area contributed by atoms with Crippen molar-refractivity contribution in [3.05, 3.63) is 35.6 Å². The molecule has 2 atom stereocenters. The van der Waals surface area contributed by atoms with Gasteiger partial charge in [0.2, 0.25) is 5.91 Å². The number of halogens is 1. The van der Waals surface area contributed by atoms with Crippen molar-refractivity contribution in [3.8, 4) is 0 Å². The largest absolute Gasteiger partial charge is 0.369 e. The van der Waals surface area contributed by atoms with Crippen LogP contribution in [-0.4, -0.2) is 30.0 Å². The number of thioether (sulfide) groups is 1. The highest BCUT2D eigenvalue weighted by molar-refractivity contribution is 7.99. The molecular weight excluding hydrogens is 275 g/mol. The van der Waals surface area contributed by atoms with Crippen molar-refractivity contribution in [2.75, 3.05) is 18.1 Å². The van der Waals surface area contributed by atoms with Crippen molar-refractivity contribution >= 4 is 17.7 Å². The monoisotopic (exact) mass is 296 g/mol. The van der Waals surface area contributed by atoms with E-state index in [9.17, 15) is 9.18 Å². The number of benzene rings is 1. The van der Waals surface area contributed by atoms with E-state index in [4.69, 9.17) is 5.73 Å². The lowest BCUT2D eigenvalue weighted by molar-refractivity contribution is -0.121. The molecule has 3 nitrogen and oxygen atoms in total. The van der Waals surface area contributed by atoms with Gasteiger partial charge in [0.1, 0.15) is 5.82 Å². The third-order valence-electron chi connectivity index (χ3n) is 3.61. The quantitative estimate of drug-likeness (QED) is 0.843. The van der Waals surface area contributed by atoms with Crippen molar-refractivity contribution in [2.45, 2.75) is 25.3 Å². The van der Waals surface area contributed by atoms with E-state index in [1.807, 2.05) is 11.8 Å². The fraction of sp³-hybridized carbons (Fsp3) is 0.533. The molecule has 0 radical (unpaired) electrons. The van der Waals surface area contributed by atoms with Gasteiger partial charge in [0.15, 0.2) is 0 Å². The van der Waals surface area contributed by atoms with E-state index in [0.29, 0.717) is 19.0 Å². The summed E-state index contributed by atoms with van der Waals surface area (Å²) in [6.45, 7) is 0.595. The molecule has 110 valence electrons. The highest BCUT2D eigenvalue weighted by Crippen LogP contribution is 2.17. The van der Waals surface area contributed by atoms with E-state index < -0.39 is 0 Å². The summed E-state index contributed by atoms with van der Waals surface area (Å²) in [6, 6.07) is 6.73. The Morgan fingerprint density at radius 3 is 2.80 bits per heavy atom. The maximum Gasteiger partial charge on any atom is 0.222 e. The highest BCUT2D eigenvalue weighted by atomic mass is 32.2. The molecule has 1 saturated heterocycles. The van der Waals surface area contributed by atoms with Crippen molar-refractivity contribution in [2.24, 2.45) is 11.7 Å². The van der Waals surface area contributed by atoms with Crippen LogP contribution in [0.15, 0.2) is 24.3 Å². The molecule has 5 heteroatoms. The van der Waals surface area contributed by atoms with E-state index in [1.54, 1.807) is 12.1 Å². The predicted octanol–water partition coefficient (Wildman–Crippen LogP) is 1.95. The van der Waals surface area contributed by atoms with E-state index >= 15 is 0 Å². The van der Waals surface area contributed by atoms with Gasteiger partial charge in [-0.1, -0.05) is 12.1 Å². The molecule has 1 fully saturated rings. The third kappa shape index (κ3) is 4.80. The van der Waals surface area contributed by atoms with Gasteiger partial charge in [0.25, 0.3) is 0 Å². The number of nitrogens with one attached hydrogen (secondary N) is 1. The predicted molar refractivity (Wildman–Crippen MR) is 81.1 cm³/mol. The van der Waals surface area contributed by atoms with Crippen molar-refractivity contribution in [1.29, 1.82) is 0 Å². The molecule has 2 unspecified atom stereocenters. The van der Waals surface area contributed by atoms with Gasteiger partial charge in [0, 0.05) is 18.3 Å². The van der Waals surface area contributed by atoms with Crippen LogP contribution in [0.1, 0.15) is 18.4 Å². The average molecular weight is 296 g/mol. The Labute approximate surface area is 123 Å². The summed E-state index contributed by atoms with van der Waals surface area (Å²) in [5.41, 5.74) is 6.41. The van der Waals surface area contributed by atoms with E-state index in [2.05, 4.69) is 5.32 Å². The van der Waals surface area contributed by atoms with Gasteiger partial charge in [-0.15, -0.1) is 0 Å². The molecule has 2 rings (SSSR count). The standard InChI is InChI=1S/C15H21FN2OS/c16-13-5-3-11(4-6-13)8-12(15(17)19)9-18-14-2-1-7-20-10-14/h3-6,12,14,18H,1-2,7-10H2,(H2,17,19). The summed E-state index contributed by atoms with van der Waals surface area (Å²) in [5.74, 6) is 1.52. The number of primary amides is 1. The normalized spacial score (nSPS) is 20.6. The number of rotatable bonds is 6. The molecule has 0 aliphatic carbocycles. The first-order chi connectivity index (χ1) is 9.65. The lowest BCUT2D eigenvalue weighted by atomic mass is 9.98. The average Bonchev–Trinajstić information content (AvgIpc) is 2.46. The van der Waals surface area contributed by atoms with Crippen LogP contribution < -0.4 is 11.1 Å². The van der Waals surface area contributed by atoms with E-state index in [0.717, 1.165) is 17.7 Å². The molecule has 0 saturated carbocycles. The minimum Gasteiger partial charge on any atom is -0.369 e. The zero-order valence-electron chi connectivity index (χ0n) is 11.5. The van der Waals surface area contributed by atoms with Crippen LogP contribution >= 0.6 is 11.8 Å². The van der Waals surface area contributed by atoms with Gasteiger partial charge in [0.05, 0.1) is 5.92 Å². The molecule has 1 amide bonds. The fourth-order valence-electron chi connectivity index (χ4n) is 2.39. The zero-order chi connectivity index (χ0) is 14.4. The SMILES string of the molecule is NC(=O)C(CNC1CCCSC1)Cc1ccc(F)cc1. The Hall–Kier alpha value is -1.07. The van der Waals surface area contributed by atoms with Crippen LogP contribution in [0.25, 0.3) is 0 Å². The molecule has 1 aromatic carbocycles. The summed E-state index contributed by atoms with van der Waals surface area (Å²) in [6.07, 6.45) is 2.94. The molecule has 3 N–H and O–H groups in total. The molecular formula is C15H21FN2OS. The summed E-state index contributed by atoms with van der Waals surface area (Å²) in [4.78, 5) is 11.5. The maximum absolute atomic E-state index is 12.9. The Morgan fingerprint density at radius 1 is 1.45 bits per heavy atom. The lowest BCUT2D eigenvalue weighted by Gasteiger charge is -2.24. The van der Waals surface area contributed by atoms with Crippen LogP contribution in [0.3, 0.4) is 0 Å². The number of nitrogens with two attached hydrogens (primary N) is 1. The smallest absolute Gasteiger partial charge is 0.222 e. The van der Waals surface area contributed by atoms with Gasteiger partial charge in [-0.25, -0.2) is 4.39 Å². The van der Waals surface area contributed by atoms with E-state index in [-0.39, 0.29) is 17.6 Å². The first kappa shape index (κ1) is 15.3. The number of hydrogen-bond acceptors (Lipinski definition) is 3. The van der Waals surface area contributed by atoms with Gasteiger partial charge in [-0.3, -0.25) is 4.79 Å². The summed E-state index contributed by atoms with van der Waals surface area (Å²) >= 11 is 1.95. The first-order valence-corrected chi connectivity index (χ1v) is 8.15. The van der Waals surface area contributed by atoms with Crippen molar-refractivity contribution in [1.82, 2.24) is 5.32 Å². The molecule has 1 aliphatic heterocycles. The fourth-order valence-corrected chi connectivity index (χ4v) is 3.50. The van der Waals surface area contributed by atoms with E-state index in [1.165, 1.54) is 24.3 Å². The highest BCUT2D eigenvalue weighted by Gasteiger charge is 2.19. The summed E-state index contributed by atoms with van der Waals surface area (Å²) in [5, 5.41) is 3.44.